The van der Waals surface area contributed by atoms with Gasteiger partial charge in [0.05, 0.1) is 0 Å². The number of nitrogens with two attached hydrogens (primary N) is 1. The highest BCUT2D eigenvalue weighted by Gasteiger charge is 2.54. The van der Waals surface area contributed by atoms with E-state index in [1.165, 1.54) is 24.8 Å². The van der Waals surface area contributed by atoms with Crippen LogP contribution in [-0.4, -0.2) is 6.04 Å². The summed E-state index contributed by atoms with van der Waals surface area (Å²) >= 11 is 3.46. The number of hydrogen-bond donors (Lipinski definition) is 1. The molecule has 0 spiro atoms. The van der Waals surface area contributed by atoms with Crippen molar-refractivity contribution >= 4 is 15.9 Å². The smallest absolute Gasteiger partial charge is 0.0175 e. The van der Waals surface area contributed by atoms with Gasteiger partial charge in [0.15, 0.2) is 0 Å². The second kappa shape index (κ2) is 4.15. The summed E-state index contributed by atoms with van der Waals surface area (Å²) in [5, 5.41) is 0. The van der Waals surface area contributed by atoms with Gasteiger partial charge in [-0.15, -0.1) is 0 Å². The molecule has 3 atom stereocenters. The van der Waals surface area contributed by atoms with Crippen LogP contribution in [0.15, 0.2) is 28.7 Å². The van der Waals surface area contributed by atoms with Crippen LogP contribution >= 0.6 is 15.9 Å². The maximum Gasteiger partial charge on any atom is 0.0175 e. The fourth-order valence-electron chi connectivity index (χ4n) is 3.54. The first-order valence-corrected chi connectivity index (χ1v) is 7.05. The number of rotatable bonds is 3. The van der Waals surface area contributed by atoms with Gasteiger partial charge in [-0.2, -0.15) is 0 Å². The molecule has 2 aliphatic carbocycles. The van der Waals surface area contributed by atoms with E-state index in [0.29, 0.717) is 6.04 Å². The van der Waals surface area contributed by atoms with Crippen LogP contribution in [0.2, 0.25) is 0 Å². The standard InChI is InChI=1S/C14H18BrN/c15-10-6-4-9(5-7-10)8-13(16)14-11-2-1-3-12(11)14/h4-7,11-14H,1-3,8,16H2. The highest BCUT2D eigenvalue weighted by molar-refractivity contribution is 9.10. The minimum Gasteiger partial charge on any atom is -0.327 e. The van der Waals surface area contributed by atoms with Gasteiger partial charge in [0.1, 0.15) is 0 Å². The molecule has 0 aliphatic heterocycles. The predicted molar refractivity (Wildman–Crippen MR) is 70.1 cm³/mol. The van der Waals surface area contributed by atoms with Gasteiger partial charge >= 0.3 is 0 Å². The first kappa shape index (κ1) is 10.8. The number of fused-ring (bicyclic) bond motifs is 1. The normalized spacial score (nSPS) is 33.5. The molecule has 0 bridgehead atoms. The first-order chi connectivity index (χ1) is 7.75. The van der Waals surface area contributed by atoms with Gasteiger partial charge < -0.3 is 5.73 Å². The van der Waals surface area contributed by atoms with E-state index in [4.69, 9.17) is 5.73 Å². The zero-order valence-electron chi connectivity index (χ0n) is 9.40. The molecule has 0 saturated heterocycles. The Morgan fingerprint density at radius 2 is 1.81 bits per heavy atom. The van der Waals surface area contributed by atoms with E-state index in [1.807, 2.05) is 0 Å². The average molecular weight is 280 g/mol. The molecular formula is C14H18BrN. The van der Waals surface area contributed by atoms with Gasteiger partial charge in [0.25, 0.3) is 0 Å². The molecule has 0 amide bonds. The quantitative estimate of drug-likeness (QED) is 0.902. The minimum atomic E-state index is 0.386. The first-order valence-electron chi connectivity index (χ1n) is 6.26. The summed E-state index contributed by atoms with van der Waals surface area (Å²) in [7, 11) is 0. The van der Waals surface area contributed by atoms with E-state index in [0.717, 1.165) is 28.6 Å². The van der Waals surface area contributed by atoms with Crippen LogP contribution in [-0.2, 0) is 6.42 Å². The van der Waals surface area contributed by atoms with E-state index in [1.54, 1.807) is 0 Å². The summed E-state index contributed by atoms with van der Waals surface area (Å²) < 4.78 is 1.15. The van der Waals surface area contributed by atoms with Crippen LogP contribution in [0, 0.1) is 17.8 Å². The third-order valence-corrected chi connectivity index (χ3v) is 4.88. The molecule has 2 saturated carbocycles. The van der Waals surface area contributed by atoms with Crippen LogP contribution in [0.5, 0.6) is 0 Å². The summed E-state index contributed by atoms with van der Waals surface area (Å²) in [5.74, 6) is 2.79. The summed E-state index contributed by atoms with van der Waals surface area (Å²) in [6.45, 7) is 0. The van der Waals surface area contributed by atoms with Gasteiger partial charge in [-0.3, -0.25) is 0 Å². The lowest BCUT2D eigenvalue weighted by Gasteiger charge is -2.13. The topological polar surface area (TPSA) is 26.0 Å². The van der Waals surface area contributed by atoms with Gasteiger partial charge in [-0.05, 0) is 54.7 Å². The van der Waals surface area contributed by atoms with Gasteiger partial charge in [-0.25, -0.2) is 0 Å². The summed E-state index contributed by atoms with van der Waals surface area (Å²) in [4.78, 5) is 0. The van der Waals surface area contributed by atoms with Crippen molar-refractivity contribution in [2.45, 2.75) is 31.7 Å². The molecule has 3 rings (SSSR count). The lowest BCUT2D eigenvalue weighted by atomic mass is 9.98. The molecule has 0 heterocycles. The summed E-state index contributed by atoms with van der Waals surface area (Å²) in [6, 6.07) is 8.96. The van der Waals surface area contributed by atoms with Gasteiger partial charge in [0, 0.05) is 10.5 Å². The lowest BCUT2D eigenvalue weighted by Crippen LogP contribution is -2.27. The van der Waals surface area contributed by atoms with Gasteiger partial charge in [-0.1, -0.05) is 34.5 Å². The Morgan fingerprint density at radius 3 is 2.44 bits per heavy atom. The zero-order valence-corrected chi connectivity index (χ0v) is 11.0. The molecule has 0 radical (unpaired) electrons. The Balaban J connectivity index is 1.60. The summed E-state index contributed by atoms with van der Waals surface area (Å²) in [6.07, 6.45) is 5.36. The number of hydrogen-bond acceptors (Lipinski definition) is 1. The van der Waals surface area contributed by atoms with Gasteiger partial charge in [0.2, 0.25) is 0 Å². The Hall–Kier alpha value is -0.340. The molecule has 1 aromatic carbocycles. The third-order valence-electron chi connectivity index (χ3n) is 4.35. The second-order valence-electron chi connectivity index (χ2n) is 5.33. The number of benzene rings is 1. The highest BCUT2D eigenvalue weighted by atomic mass is 79.9. The molecule has 1 aromatic rings. The molecule has 2 aliphatic rings. The minimum absolute atomic E-state index is 0.386. The maximum atomic E-state index is 6.33. The number of halogens is 1. The SMILES string of the molecule is NC(Cc1ccc(Br)cc1)C1C2CCCC21. The van der Waals surface area contributed by atoms with Crippen LogP contribution < -0.4 is 5.73 Å². The van der Waals surface area contributed by atoms with Crippen molar-refractivity contribution in [1.82, 2.24) is 0 Å². The van der Waals surface area contributed by atoms with E-state index in [-0.39, 0.29) is 0 Å². The van der Waals surface area contributed by atoms with Crippen molar-refractivity contribution in [2.24, 2.45) is 23.5 Å². The Kier molecular flexibility index (Phi) is 2.80. The fraction of sp³-hybridized carbons (Fsp3) is 0.571. The Labute approximate surface area is 106 Å². The molecule has 3 unspecified atom stereocenters. The molecule has 16 heavy (non-hydrogen) atoms. The van der Waals surface area contributed by atoms with E-state index in [2.05, 4.69) is 40.2 Å². The van der Waals surface area contributed by atoms with Crippen molar-refractivity contribution in [3.63, 3.8) is 0 Å². The maximum absolute atomic E-state index is 6.33. The van der Waals surface area contributed by atoms with Crippen LogP contribution in [0.25, 0.3) is 0 Å². The molecule has 0 aromatic heterocycles. The zero-order chi connectivity index (χ0) is 11.1. The molecule has 1 nitrogen and oxygen atoms in total. The van der Waals surface area contributed by atoms with Crippen molar-refractivity contribution in [1.29, 1.82) is 0 Å². The van der Waals surface area contributed by atoms with E-state index in [9.17, 15) is 0 Å². The molecule has 86 valence electrons. The van der Waals surface area contributed by atoms with Crippen molar-refractivity contribution in [3.05, 3.63) is 34.3 Å². The highest BCUT2D eigenvalue weighted by Crippen LogP contribution is 2.58. The monoisotopic (exact) mass is 279 g/mol. The average Bonchev–Trinajstić information content (AvgIpc) is 2.76. The van der Waals surface area contributed by atoms with Crippen LogP contribution in [0.3, 0.4) is 0 Å². The van der Waals surface area contributed by atoms with Crippen LogP contribution in [0.4, 0.5) is 0 Å². The van der Waals surface area contributed by atoms with Crippen LogP contribution in [0.1, 0.15) is 24.8 Å². The Morgan fingerprint density at radius 1 is 1.19 bits per heavy atom. The van der Waals surface area contributed by atoms with Crippen molar-refractivity contribution in [2.75, 3.05) is 0 Å². The van der Waals surface area contributed by atoms with Crippen molar-refractivity contribution in [3.8, 4) is 0 Å². The van der Waals surface area contributed by atoms with Crippen molar-refractivity contribution < 1.29 is 0 Å². The summed E-state index contributed by atoms with van der Waals surface area (Å²) in [5.41, 5.74) is 7.70. The molecular weight excluding hydrogens is 262 g/mol. The predicted octanol–water partition coefficient (Wildman–Crippen LogP) is 3.37. The van der Waals surface area contributed by atoms with E-state index >= 15 is 0 Å². The lowest BCUT2D eigenvalue weighted by molar-refractivity contribution is 0.484. The molecule has 2 heteroatoms. The third kappa shape index (κ3) is 1.93. The molecule has 2 fully saturated rings. The molecule has 2 N–H and O–H groups in total. The largest absolute Gasteiger partial charge is 0.327 e. The second-order valence-corrected chi connectivity index (χ2v) is 6.25. The fourth-order valence-corrected chi connectivity index (χ4v) is 3.81. The van der Waals surface area contributed by atoms with E-state index < -0.39 is 0 Å². The Bertz CT molecular complexity index is 363.